The van der Waals surface area contributed by atoms with Crippen molar-refractivity contribution in [1.29, 1.82) is 0 Å². The van der Waals surface area contributed by atoms with E-state index in [1.165, 1.54) is 64.7 Å². The Morgan fingerprint density at radius 3 is 2.05 bits per heavy atom. The molecule has 2 saturated heterocycles. The Morgan fingerprint density at radius 1 is 0.947 bits per heavy atom. The Balaban J connectivity index is 1.72. The van der Waals surface area contributed by atoms with Crippen molar-refractivity contribution in [2.24, 2.45) is 11.7 Å². The molecular weight excluding hydrogens is 234 g/mol. The number of nitrogens with zero attached hydrogens (tertiary/aromatic N) is 2. The van der Waals surface area contributed by atoms with E-state index >= 15 is 0 Å². The number of hydrogen-bond acceptors (Lipinski definition) is 3. The predicted octanol–water partition coefficient (Wildman–Crippen LogP) is 2.31. The monoisotopic (exact) mass is 267 g/mol. The molecule has 2 aliphatic heterocycles. The van der Waals surface area contributed by atoms with Gasteiger partial charge in [0, 0.05) is 18.6 Å². The van der Waals surface area contributed by atoms with Gasteiger partial charge in [-0.1, -0.05) is 12.8 Å². The van der Waals surface area contributed by atoms with E-state index in [2.05, 4.69) is 23.6 Å². The van der Waals surface area contributed by atoms with Crippen molar-refractivity contribution in [3.8, 4) is 0 Å². The fraction of sp³-hybridized carbons (Fsp3) is 1.00. The fourth-order valence-corrected chi connectivity index (χ4v) is 3.63. The summed E-state index contributed by atoms with van der Waals surface area (Å²) in [6, 6.07) is 1.09. The number of nitrogens with two attached hydrogens (primary N) is 1. The second-order valence-corrected chi connectivity index (χ2v) is 6.85. The van der Waals surface area contributed by atoms with E-state index in [-0.39, 0.29) is 0 Å². The van der Waals surface area contributed by atoms with E-state index < -0.39 is 0 Å². The average Bonchev–Trinajstić information content (AvgIpc) is 2.67. The lowest BCUT2D eigenvalue weighted by atomic mass is 9.89. The molecule has 2 aliphatic rings. The topological polar surface area (TPSA) is 32.5 Å². The standard InChI is InChI=1S/C16H33N3/c1-14(2)19-11-7-15(8-12-19)16(17)13-18-9-5-3-4-6-10-18/h14-16H,3-13,17H2,1-2H3. The highest BCUT2D eigenvalue weighted by Gasteiger charge is 2.26. The maximum absolute atomic E-state index is 6.49. The van der Waals surface area contributed by atoms with E-state index in [0.29, 0.717) is 12.1 Å². The van der Waals surface area contributed by atoms with Gasteiger partial charge in [0.05, 0.1) is 0 Å². The Labute approximate surface area is 119 Å². The van der Waals surface area contributed by atoms with Gasteiger partial charge in [-0.25, -0.2) is 0 Å². The summed E-state index contributed by atoms with van der Waals surface area (Å²) in [6.45, 7) is 10.8. The summed E-state index contributed by atoms with van der Waals surface area (Å²) in [5.41, 5.74) is 6.49. The van der Waals surface area contributed by atoms with E-state index in [9.17, 15) is 0 Å². The average molecular weight is 267 g/mol. The SMILES string of the molecule is CC(C)N1CCC(C(N)CN2CCCCCC2)CC1. The minimum atomic E-state index is 0.396. The Hall–Kier alpha value is -0.120. The molecule has 0 aliphatic carbocycles. The van der Waals surface area contributed by atoms with E-state index in [0.717, 1.165) is 12.5 Å². The number of piperidine rings is 1. The lowest BCUT2D eigenvalue weighted by molar-refractivity contribution is 0.125. The minimum Gasteiger partial charge on any atom is -0.326 e. The van der Waals surface area contributed by atoms with Gasteiger partial charge in [0.15, 0.2) is 0 Å². The summed E-state index contributed by atoms with van der Waals surface area (Å²) >= 11 is 0. The molecule has 0 saturated carbocycles. The molecule has 0 spiro atoms. The van der Waals surface area contributed by atoms with Crippen LogP contribution in [0.4, 0.5) is 0 Å². The third-order valence-electron chi connectivity index (χ3n) is 5.08. The van der Waals surface area contributed by atoms with Crippen LogP contribution in [0.25, 0.3) is 0 Å². The van der Waals surface area contributed by atoms with Gasteiger partial charge in [-0.15, -0.1) is 0 Å². The van der Waals surface area contributed by atoms with Crippen LogP contribution in [-0.4, -0.2) is 54.6 Å². The number of rotatable bonds is 4. The highest BCUT2D eigenvalue weighted by molar-refractivity contribution is 4.83. The Morgan fingerprint density at radius 2 is 1.53 bits per heavy atom. The second kappa shape index (κ2) is 7.61. The van der Waals surface area contributed by atoms with Crippen molar-refractivity contribution in [2.75, 3.05) is 32.7 Å². The van der Waals surface area contributed by atoms with Crippen LogP contribution in [0.15, 0.2) is 0 Å². The van der Waals surface area contributed by atoms with Crippen LogP contribution in [0.5, 0.6) is 0 Å². The minimum absolute atomic E-state index is 0.396. The zero-order valence-corrected chi connectivity index (χ0v) is 13.0. The molecule has 0 aromatic carbocycles. The molecule has 3 nitrogen and oxygen atoms in total. The van der Waals surface area contributed by atoms with Gasteiger partial charge >= 0.3 is 0 Å². The summed E-state index contributed by atoms with van der Waals surface area (Å²) in [4.78, 5) is 5.21. The molecular formula is C16H33N3. The summed E-state index contributed by atoms with van der Waals surface area (Å²) < 4.78 is 0. The molecule has 2 rings (SSSR count). The number of hydrogen-bond donors (Lipinski definition) is 1. The van der Waals surface area contributed by atoms with Gasteiger partial charge in [0.1, 0.15) is 0 Å². The summed E-state index contributed by atoms with van der Waals surface area (Å²) in [7, 11) is 0. The number of likely N-dealkylation sites (tertiary alicyclic amines) is 2. The summed E-state index contributed by atoms with van der Waals surface area (Å²) in [5.74, 6) is 0.748. The van der Waals surface area contributed by atoms with Crippen molar-refractivity contribution >= 4 is 0 Å². The van der Waals surface area contributed by atoms with Crippen molar-refractivity contribution in [2.45, 2.75) is 64.5 Å². The molecule has 0 aromatic heterocycles. The summed E-state index contributed by atoms with van der Waals surface area (Å²) in [6.07, 6.45) is 8.18. The van der Waals surface area contributed by atoms with Crippen molar-refractivity contribution in [3.63, 3.8) is 0 Å². The molecule has 0 aromatic rings. The maximum Gasteiger partial charge on any atom is 0.0197 e. The predicted molar refractivity (Wildman–Crippen MR) is 82.3 cm³/mol. The van der Waals surface area contributed by atoms with E-state index in [1.807, 2.05) is 0 Å². The summed E-state index contributed by atoms with van der Waals surface area (Å²) in [5, 5.41) is 0. The molecule has 19 heavy (non-hydrogen) atoms. The highest BCUT2D eigenvalue weighted by Crippen LogP contribution is 2.22. The fourth-order valence-electron chi connectivity index (χ4n) is 3.63. The van der Waals surface area contributed by atoms with Crippen LogP contribution < -0.4 is 5.73 Å². The third kappa shape index (κ3) is 4.73. The first-order valence-electron chi connectivity index (χ1n) is 8.39. The molecule has 112 valence electrons. The van der Waals surface area contributed by atoms with Crippen LogP contribution in [0.1, 0.15) is 52.4 Å². The first-order valence-corrected chi connectivity index (χ1v) is 8.39. The zero-order chi connectivity index (χ0) is 13.7. The van der Waals surface area contributed by atoms with E-state index in [1.54, 1.807) is 0 Å². The molecule has 2 heterocycles. The van der Waals surface area contributed by atoms with Gasteiger partial charge in [-0.2, -0.15) is 0 Å². The largest absolute Gasteiger partial charge is 0.326 e. The van der Waals surface area contributed by atoms with Gasteiger partial charge in [0.2, 0.25) is 0 Å². The first-order chi connectivity index (χ1) is 9.16. The molecule has 1 unspecified atom stereocenters. The molecule has 0 amide bonds. The van der Waals surface area contributed by atoms with Crippen LogP contribution in [0, 0.1) is 5.92 Å². The first kappa shape index (κ1) is 15.3. The van der Waals surface area contributed by atoms with Crippen LogP contribution in [0.3, 0.4) is 0 Å². The maximum atomic E-state index is 6.49. The van der Waals surface area contributed by atoms with Gasteiger partial charge in [0.25, 0.3) is 0 Å². The molecule has 1 atom stereocenters. The van der Waals surface area contributed by atoms with Crippen LogP contribution >= 0.6 is 0 Å². The lowest BCUT2D eigenvalue weighted by Crippen LogP contribution is -2.48. The smallest absolute Gasteiger partial charge is 0.0197 e. The second-order valence-electron chi connectivity index (χ2n) is 6.85. The van der Waals surface area contributed by atoms with E-state index in [4.69, 9.17) is 5.73 Å². The van der Waals surface area contributed by atoms with Crippen LogP contribution in [0.2, 0.25) is 0 Å². The normalized spacial score (nSPS) is 26.5. The van der Waals surface area contributed by atoms with Gasteiger partial charge < -0.3 is 15.5 Å². The molecule has 3 heteroatoms. The quantitative estimate of drug-likeness (QED) is 0.848. The van der Waals surface area contributed by atoms with Crippen LogP contribution in [-0.2, 0) is 0 Å². The Bertz CT molecular complexity index is 238. The lowest BCUT2D eigenvalue weighted by Gasteiger charge is -2.38. The van der Waals surface area contributed by atoms with Crippen molar-refractivity contribution in [3.05, 3.63) is 0 Å². The Kier molecular flexibility index (Phi) is 6.11. The molecule has 0 bridgehead atoms. The molecule has 2 fully saturated rings. The van der Waals surface area contributed by atoms with Gasteiger partial charge in [-0.05, 0) is 71.6 Å². The van der Waals surface area contributed by atoms with Crippen molar-refractivity contribution in [1.82, 2.24) is 9.80 Å². The zero-order valence-electron chi connectivity index (χ0n) is 13.0. The van der Waals surface area contributed by atoms with Crippen molar-refractivity contribution < 1.29 is 0 Å². The molecule has 2 N–H and O–H groups in total. The highest BCUT2D eigenvalue weighted by atomic mass is 15.2. The third-order valence-corrected chi connectivity index (χ3v) is 5.08. The van der Waals surface area contributed by atoms with Gasteiger partial charge in [-0.3, -0.25) is 0 Å². The molecule has 0 radical (unpaired) electrons.